The van der Waals surface area contributed by atoms with Crippen LogP contribution in [0.1, 0.15) is 43.6 Å². The van der Waals surface area contributed by atoms with Crippen molar-refractivity contribution in [1.29, 1.82) is 0 Å². The summed E-state index contributed by atoms with van der Waals surface area (Å²) in [5, 5.41) is 29.2. The van der Waals surface area contributed by atoms with Crippen LogP contribution in [0.5, 0.6) is 5.75 Å². The van der Waals surface area contributed by atoms with Crippen LogP contribution in [0.2, 0.25) is 0 Å². The number of pyridine rings is 1. The molecule has 204 valence electrons. The predicted octanol–water partition coefficient (Wildman–Crippen LogP) is 0.696. The second kappa shape index (κ2) is 12.5. The van der Waals surface area contributed by atoms with Crippen LogP contribution in [-0.2, 0) is 25.5 Å². The lowest BCUT2D eigenvalue weighted by molar-refractivity contribution is -0.157. The molecule has 1 aliphatic rings. The molecule has 1 saturated heterocycles. The number of phenolic OH excluding ortho intramolecular Hbond substituents is 1. The van der Waals surface area contributed by atoms with E-state index in [1.54, 1.807) is 50.5 Å². The number of aliphatic hydroxyl groups excluding tert-OH is 1. The smallest absolute Gasteiger partial charge is 0.329 e. The summed E-state index contributed by atoms with van der Waals surface area (Å²) in [6.45, 7) is 6.38. The highest BCUT2D eigenvalue weighted by molar-refractivity contribution is 6.00. The van der Waals surface area contributed by atoms with Crippen molar-refractivity contribution in [3.8, 4) is 5.75 Å². The van der Waals surface area contributed by atoms with Crippen LogP contribution in [0, 0.1) is 11.8 Å². The zero-order valence-corrected chi connectivity index (χ0v) is 21.8. The summed E-state index contributed by atoms with van der Waals surface area (Å²) in [6, 6.07) is 5.91. The zero-order valence-electron chi connectivity index (χ0n) is 21.8. The third-order valence-electron chi connectivity index (χ3n) is 6.55. The molecule has 3 amide bonds. The lowest BCUT2D eigenvalue weighted by Crippen LogP contribution is -2.61. The summed E-state index contributed by atoms with van der Waals surface area (Å²) in [6.07, 6.45) is 0.801. The van der Waals surface area contributed by atoms with Gasteiger partial charge in [0.25, 0.3) is 5.91 Å². The van der Waals surface area contributed by atoms with Gasteiger partial charge in [0.1, 0.15) is 23.9 Å². The van der Waals surface area contributed by atoms with Gasteiger partial charge in [-0.1, -0.05) is 39.0 Å². The Bertz CT molecular complexity index is 1160. The zero-order chi connectivity index (χ0) is 28.0. The largest absolute Gasteiger partial charge is 0.507 e. The van der Waals surface area contributed by atoms with Crippen LogP contribution in [0.25, 0.3) is 0 Å². The normalized spacial score (nSPS) is 26.8. The number of nitrogens with zero attached hydrogens (tertiary/aromatic N) is 1. The molecule has 38 heavy (non-hydrogen) atoms. The number of ether oxygens (including phenoxy) is 1. The third kappa shape index (κ3) is 6.86. The maximum absolute atomic E-state index is 13.5. The summed E-state index contributed by atoms with van der Waals surface area (Å²) < 4.78 is 5.55. The summed E-state index contributed by atoms with van der Waals surface area (Å²) in [5.41, 5.74) is 0.628. The first-order chi connectivity index (χ1) is 18.0. The highest BCUT2D eigenvalue weighted by atomic mass is 16.5. The van der Waals surface area contributed by atoms with E-state index in [2.05, 4.69) is 20.9 Å². The molecular formula is C27H34N4O7. The summed E-state index contributed by atoms with van der Waals surface area (Å²) >= 11 is 0. The van der Waals surface area contributed by atoms with Gasteiger partial charge >= 0.3 is 5.97 Å². The molecule has 5 N–H and O–H groups in total. The van der Waals surface area contributed by atoms with Crippen LogP contribution in [0.3, 0.4) is 0 Å². The van der Waals surface area contributed by atoms with E-state index in [0.29, 0.717) is 5.56 Å². The fourth-order valence-corrected chi connectivity index (χ4v) is 4.19. The van der Waals surface area contributed by atoms with Crippen molar-refractivity contribution in [3.05, 3.63) is 59.9 Å². The van der Waals surface area contributed by atoms with Gasteiger partial charge in [-0.15, -0.1) is 0 Å². The van der Waals surface area contributed by atoms with E-state index < -0.39 is 59.9 Å². The first-order valence-corrected chi connectivity index (χ1v) is 12.5. The van der Waals surface area contributed by atoms with Gasteiger partial charge in [0.2, 0.25) is 11.8 Å². The Balaban J connectivity index is 1.99. The molecule has 2 heterocycles. The topological polar surface area (TPSA) is 167 Å². The minimum Gasteiger partial charge on any atom is -0.507 e. The van der Waals surface area contributed by atoms with Crippen molar-refractivity contribution in [1.82, 2.24) is 20.9 Å². The number of hydrogen-bond acceptors (Lipinski definition) is 8. The number of rotatable bonds is 5. The quantitative estimate of drug-likeness (QED) is 0.355. The fraction of sp³-hybridized carbons (Fsp3) is 0.444. The van der Waals surface area contributed by atoms with E-state index in [-0.39, 0.29) is 23.7 Å². The van der Waals surface area contributed by atoms with Gasteiger partial charge < -0.3 is 30.9 Å². The summed E-state index contributed by atoms with van der Waals surface area (Å²) in [7, 11) is 0. The lowest BCUT2D eigenvalue weighted by atomic mass is 9.91. The van der Waals surface area contributed by atoms with E-state index in [4.69, 9.17) is 4.74 Å². The van der Waals surface area contributed by atoms with E-state index >= 15 is 0 Å². The first kappa shape index (κ1) is 28.6. The molecule has 0 spiro atoms. The van der Waals surface area contributed by atoms with Crippen molar-refractivity contribution in [2.75, 3.05) is 0 Å². The van der Waals surface area contributed by atoms with Crippen molar-refractivity contribution in [2.24, 2.45) is 11.8 Å². The standard InChI is InChI=1S/C27H34N4O7/c1-14(2)21-27(37)38-16(4)22(31-25(35)18-9-5-6-10-20(18)32)26(36)29-19(12-17-8-7-11-28-13-17)23(33)15(3)24(34)30-21/h5-11,13-16,19,21-23,32-33H,12H2,1-4H3,(H,29,36)(H,30,34)(H,31,35)/t15-,16-,19+,21?,22+,23+/m1/s1. The molecule has 0 radical (unpaired) electrons. The van der Waals surface area contributed by atoms with Crippen LogP contribution in [0.4, 0.5) is 0 Å². The fourth-order valence-electron chi connectivity index (χ4n) is 4.19. The molecule has 11 heteroatoms. The van der Waals surface area contributed by atoms with Crippen LogP contribution in [0.15, 0.2) is 48.8 Å². The second-order valence-electron chi connectivity index (χ2n) is 9.80. The van der Waals surface area contributed by atoms with Crippen molar-refractivity contribution < 1.29 is 34.1 Å². The molecule has 11 nitrogen and oxygen atoms in total. The summed E-state index contributed by atoms with van der Waals surface area (Å²) in [4.78, 5) is 56.6. The molecule has 1 aliphatic heterocycles. The number of esters is 1. The van der Waals surface area contributed by atoms with E-state index in [1.165, 1.54) is 26.0 Å². The van der Waals surface area contributed by atoms with Gasteiger partial charge in [-0.25, -0.2) is 4.79 Å². The van der Waals surface area contributed by atoms with Gasteiger partial charge in [-0.05, 0) is 43.0 Å². The van der Waals surface area contributed by atoms with E-state index in [9.17, 15) is 29.4 Å². The molecule has 1 aromatic heterocycles. The van der Waals surface area contributed by atoms with Gasteiger partial charge in [-0.2, -0.15) is 0 Å². The Kier molecular flexibility index (Phi) is 9.40. The maximum atomic E-state index is 13.5. The predicted molar refractivity (Wildman–Crippen MR) is 137 cm³/mol. The monoisotopic (exact) mass is 526 g/mol. The van der Waals surface area contributed by atoms with Gasteiger partial charge in [0.05, 0.1) is 23.6 Å². The SMILES string of the molecule is CC(C)C1NC(=O)[C@H](C)[C@H](O)[C@H](Cc2cccnc2)NC(=O)[C@@H](NC(=O)c2ccccc2O)[C@@H](C)OC1=O. The number of carbonyl (C=O) groups is 4. The first-order valence-electron chi connectivity index (χ1n) is 12.5. The maximum Gasteiger partial charge on any atom is 0.329 e. The number of para-hydroxylation sites is 1. The van der Waals surface area contributed by atoms with E-state index in [1.807, 2.05) is 0 Å². The Morgan fingerprint density at radius 3 is 2.42 bits per heavy atom. The Morgan fingerprint density at radius 2 is 1.79 bits per heavy atom. The average molecular weight is 527 g/mol. The number of nitrogens with one attached hydrogen (secondary N) is 3. The highest BCUT2D eigenvalue weighted by Crippen LogP contribution is 2.19. The van der Waals surface area contributed by atoms with Crippen LogP contribution < -0.4 is 16.0 Å². The number of aromatic hydroxyl groups is 1. The lowest BCUT2D eigenvalue weighted by Gasteiger charge is -2.34. The van der Waals surface area contributed by atoms with Crippen LogP contribution >= 0.6 is 0 Å². The highest BCUT2D eigenvalue weighted by Gasteiger charge is 2.39. The number of benzene rings is 1. The Labute approximate surface area is 221 Å². The number of cyclic esters (lactones) is 1. The van der Waals surface area contributed by atoms with E-state index in [0.717, 1.165) is 0 Å². The molecular weight excluding hydrogens is 492 g/mol. The third-order valence-corrected chi connectivity index (χ3v) is 6.55. The number of aromatic nitrogens is 1. The van der Waals surface area contributed by atoms with Crippen molar-refractivity contribution in [2.45, 2.75) is 64.4 Å². The molecule has 6 atom stereocenters. The number of carbonyl (C=O) groups excluding carboxylic acids is 4. The van der Waals surface area contributed by atoms with Gasteiger partial charge in [0, 0.05) is 12.4 Å². The number of amides is 3. The average Bonchev–Trinajstić information content (AvgIpc) is 2.88. The van der Waals surface area contributed by atoms with Crippen LogP contribution in [-0.4, -0.2) is 69.2 Å². The second-order valence-corrected chi connectivity index (χ2v) is 9.80. The number of hydrogen-bond donors (Lipinski definition) is 5. The van der Waals surface area contributed by atoms with Crippen molar-refractivity contribution >= 4 is 23.7 Å². The molecule has 0 bridgehead atoms. The van der Waals surface area contributed by atoms with Crippen molar-refractivity contribution in [3.63, 3.8) is 0 Å². The van der Waals surface area contributed by atoms with Gasteiger partial charge in [0.15, 0.2) is 0 Å². The molecule has 3 rings (SSSR count). The number of aliphatic hydroxyl groups is 1. The van der Waals surface area contributed by atoms with Gasteiger partial charge in [-0.3, -0.25) is 19.4 Å². The number of phenols is 1. The molecule has 2 aromatic rings. The minimum atomic E-state index is -1.38. The summed E-state index contributed by atoms with van der Waals surface area (Å²) in [5.74, 6) is -4.51. The molecule has 1 aromatic carbocycles. The minimum absolute atomic E-state index is 0.0715. The molecule has 0 saturated carbocycles. The molecule has 1 fully saturated rings. The molecule has 0 aliphatic carbocycles. The Hall–Kier alpha value is -3.99. The molecule has 1 unspecified atom stereocenters. The Morgan fingerprint density at radius 1 is 1.08 bits per heavy atom.